The lowest BCUT2D eigenvalue weighted by Gasteiger charge is -2.02. The molecule has 0 spiro atoms. The zero-order valence-corrected chi connectivity index (χ0v) is 7.81. The Morgan fingerprint density at radius 1 is 1.00 bits per heavy atom. The van der Waals surface area contributed by atoms with E-state index in [2.05, 4.69) is 34.7 Å². The molecule has 4 heteroatoms. The van der Waals surface area contributed by atoms with Crippen molar-refractivity contribution in [3.05, 3.63) is 37.5 Å². The molecule has 0 aliphatic heterocycles. The van der Waals surface area contributed by atoms with Crippen LogP contribution in [0.4, 0.5) is 0 Å². The van der Waals surface area contributed by atoms with Crippen LogP contribution in [0.5, 0.6) is 6.01 Å². The molecule has 0 radical (unpaired) electrons. The summed E-state index contributed by atoms with van der Waals surface area (Å²) in [5, 5.41) is 0. The van der Waals surface area contributed by atoms with Gasteiger partial charge in [0.1, 0.15) is 6.61 Å². The molecule has 1 heterocycles. The molecule has 0 unspecified atom stereocenters. The number of hydrogen-bond donors (Lipinski definition) is 0. The van der Waals surface area contributed by atoms with Crippen LogP contribution in [0, 0.1) is 0 Å². The van der Waals surface area contributed by atoms with Crippen LogP contribution in [-0.2, 0) is 0 Å². The Labute approximate surface area is 82.7 Å². The summed E-state index contributed by atoms with van der Waals surface area (Å²) in [6.45, 7) is 11.0. The average Bonchev–Trinajstić information content (AvgIpc) is 2.25. The summed E-state index contributed by atoms with van der Waals surface area (Å²) in [5.74, 6) is 0.933. The summed E-state index contributed by atoms with van der Waals surface area (Å²) in [5.41, 5.74) is 0. The molecular weight excluding hydrogens is 178 g/mol. The molecule has 0 aromatic carbocycles. The molecule has 0 atom stereocenters. The molecule has 0 saturated carbocycles. The lowest BCUT2D eigenvalue weighted by molar-refractivity contribution is 0.331. The summed E-state index contributed by atoms with van der Waals surface area (Å²) in [7, 11) is 0. The second-order valence-corrected chi connectivity index (χ2v) is 2.34. The molecule has 1 aromatic rings. The molecule has 14 heavy (non-hydrogen) atoms. The SMILES string of the molecule is C=CCOc1nc(C=C)nc(C=C)n1. The van der Waals surface area contributed by atoms with Gasteiger partial charge in [0.05, 0.1) is 0 Å². The van der Waals surface area contributed by atoms with E-state index in [1.165, 1.54) is 12.2 Å². The second kappa shape index (κ2) is 4.91. The Bertz CT molecular complexity index is 334. The van der Waals surface area contributed by atoms with Crippen molar-refractivity contribution >= 4 is 12.2 Å². The maximum Gasteiger partial charge on any atom is 0.320 e. The van der Waals surface area contributed by atoms with Crippen molar-refractivity contribution in [1.29, 1.82) is 0 Å². The monoisotopic (exact) mass is 189 g/mol. The highest BCUT2D eigenvalue weighted by Crippen LogP contribution is 2.05. The van der Waals surface area contributed by atoms with Gasteiger partial charge in [-0.15, -0.1) is 0 Å². The average molecular weight is 189 g/mol. The molecule has 0 N–H and O–H groups in total. The molecular formula is C10H11N3O. The minimum Gasteiger partial charge on any atom is -0.459 e. The first kappa shape index (κ1) is 10.1. The van der Waals surface area contributed by atoms with Gasteiger partial charge in [-0.3, -0.25) is 0 Å². The predicted molar refractivity (Wildman–Crippen MR) is 55.7 cm³/mol. The summed E-state index contributed by atoms with van der Waals surface area (Å²) < 4.78 is 5.16. The van der Waals surface area contributed by atoms with Crippen molar-refractivity contribution in [2.45, 2.75) is 0 Å². The van der Waals surface area contributed by atoms with E-state index in [0.29, 0.717) is 18.3 Å². The number of aromatic nitrogens is 3. The van der Waals surface area contributed by atoms with E-state index in [0.717, 1.165) is 0 Å². The van der Waals surface area contributed by atoms with Crippen LogP contribution in [-0.4, -0.2) is 21.6 Å². The maximum absolute atomic E-state index is 5.16. The quantitative estimate of drug-likeness (QED) is 0.662. The third-order valence-electron chi connectivity index (χ3n) is 1.34. The summed E-state index contributed by atoms with van der Waals surface area (Å²) in [4.78, 5) is 12.0. The van der Waals surface area contributed by atoms with Crippen LogP contribution in [0.15, 0.2) is 25.8 Å². The van der Waals surface area contributed by atoms with Gasteiger partial charge in [-0.05, 0) is 12.2 Å². The fourth-order valence-corrected chi connectivity index (χ4v) is 0.769. The summed E-state index contributed by atoms with van der Waals surface area (Å²) in [6, 6.07) is 0.254. The third kappa shape index (κ3) is 2.52. The summed E-state index contributed by atoms with van der Waals surface area (Å²) in [6.07, 6.45) is 4.66. The van der Waals surface area contributed by atoms with Gasteiger partial charge in [-0.25, -0.2) is 4.98 Å². The smallest absolute Gasteiger partial charge is 0.320 e. The van der Waals surface area contributed by atoms with Crippen molar-refractivity contribution in [1.82, 2.24) is 15.0 Å². The Balaban J connectivity index is 2.97. The van der Waals surface area contributed by atoms with Crippen molar-refractivity contribution in [3.63, 3.8) is 0 Å². The predicted octanol–water partition coefficient (Wildman–Crippen LogP) is 1.72. The van der Waals surface area contributed by atoms with Crippen molar-refractivity contribution < 1.29 is 4.74 Å². The van der Waals surface area contributed by atoms with Gasteiger partial charge < -0.3 is 4.74 Å². The zero-order chi connectivity index (χ0) is 10.4. The fourth-order valence-electron chi connectivity index (χ4n) is 0.769. The zero-order valence-electron chi connectivity index (χ0n) is 7.81. The van der Waals surface area contributed by atoms with Crippen LogP contribution >= 0.6 is 0 Å². The van der Waals surface area contributed by atoms with E-state index in [4.69, 9.17) is 4.74 Å². The number of nitrogens with zero attached hydrogens (tertiary/aromatic N) is 3. The van der Waals surface area contributed by atoms with Gasteiger partial charge in [0.2, 0.25) is 0 Å². The Hall–Kier alpha value is -1.97. The van der Waals surface area contributed by atoms with Gasteiger partial charge >= 0.3 is 6.01 Å². The molecule has 0 aliphatic rings. The first-order valence-corrected chi connectivity index (χ1v) is 4.04. The second-order valence-electron chi connectivity index (χ2n) is 2.34. The molecule has 0 aliphatic carbocycles. The normalized spacial score (nSPS) is 9.14. The van der Waals surface area contributed by atoms with Gasteiger partial charge in [0.15, 0.2) is 11.6 Å². The maximum atomic E-state index is 5.16. The van der Waals surface area contributed by atoms with E-state index < -0.39 is 0 Å². The van der Waals surface area contributed by atoms with Gasteiger partial charge in [0.25, 0.3) is 0 Å². The lowest BCUT2D eigenvalue weighted by Crippen LogP contribution is -2.03. The molecule has 0 amide bonds. The van der Waals surface area contributed by atoms with Gasteiger partial charge in [-0.1, -0.05) is 25.8 Å². The van der Waals surface area contributed by atoms with Gasteiger partial charge in [-0.2, -0.15) is 9.97 Å². The van der Waals surface area contributed by atoms with Crippen LogP contribution in [0.25, 0.3) is 12.2 Å². The van der Waals surface area contributed by atoms with Crippen molar-refractivity contribution in [2.75, 3.05) is 6.61 Å². The Morgan fingerprint density at radius 2 is 1.57 bits per heavy atom. The standard InChI is InChI=1S/C10H11N3O/c1-4-7-14-10-12-8(5-2)11-9(6-3)13-10/h4-6H,1-3,7H2. The van der Waals surface area contributed by atoms with Crippen molar-refractivity contribution in [3.8, 4) is 6.01 Å². The van der Waals surface area contributed by atoms with E-state index in [1.54, 1.807) is 6.08 Å². The van der Waals surface area contributed by atoms with E-state index >= 15 is 0 Å². The van der Waals surface area contributed by atoms with Crippen LogP contribution in [0.1, 0.15) is 11.6 Å². The fraction of sp³-hybridized carbons (Fsp3) is 0.100. The number of rotatable bonds is 5. The highest BCUT2D eigenvalue weighted by molar-refractivity contribution is 5.42. The molecule has 72 valence electrons. The number of hydrogen-bond acceptors (Lipinski definition) is 4. The van der Waals surface area contributed by atoms with Crippen LogP contribution in [0.3, 0.4) is 0 Å². The molecule has 1 rings (SSSR count). The highest BCUT2D eigenvalue weighted by Gasteiger charge is 2.01. The number of ether oxygens (including phenoxy) is 1. The minimum atomic E-state index is 0.254. The first-order valence-electron chi connectivity index (χ1n) is 4.04. The highest BCUT2D eigenvalue weighted by atomic mass is 16.5. The minimum absolute atomic E-state index is 0.254. The van der Waals surface area contributed by atoms with E-state index in [9.17, 15) is 0 Å². The van der Waals surface area contributed by atoms with Crippen LogP contribution in [0.2, 0.25) is 0 Å². The third-order valence-corrected chi connectivity index (χ3v) is 1.34. The Kier molecular flexibility index (Phi) is 3.55. The Morgan fingerprint density at radius 3 is 2.00 bits per heavy atom. The summed E-state index contributed by atoms with van der Waals surface area (Å²) >= 11 is 0. The van der Waals surface area contributed by atoms with Crippen LogP contribution < -0.4 is 4.74 Å². The van der Waals surface area contributed by atoms with Crippen molar-refractivity contribution in [2.24, 2.45) is 0 Å². The first-order chi connectivity index (χ1) is 6.80. The van der Waals surface area contributed by atoms with Gasteiger partial charge in [0, 0.05) is 0 Å². The topological polar surface area (TPSA) is 47.9 Å². The molecule has 0 bridgehead atoms. The lowest BCUT2D eigenvalue weighted by atomic mass is 10.5. The molecule has 1 aromatic heterocycles. The molecule has 0 fully saturated rings. The van der Waals surface area contributed by atoms with E-state index in [1.807, 2.05) is 0 Å². The largest absolute Gasteiger partial charge is 0.459 e. The molecule has 0 saturated heterocycles. The van der Waals surface area contributed by atoms with E-state index in [-0.39, 0.29) is 6.01 Å². The molecule has 4 nitrogen and oxygen atoms in total.